The van der Waals surface area contributed by atoms with E-state index in [0.29, 0.717) is 5.56 Å². The molecule has 29 heavy (non-hydrogen) atoms. The zero-order valence-electron chi connectivity index (χ0n) is 18.4. The lowest BCUT2D eigenvalue weighted by molar-refractivity contribution is 0.0255. The molecule has 0 aliphatic rings. The fourth-order valence-corrected chi connectivity index (χ4v) is 3.72. The summed E-state index contributed by atoms with van der Waals surface area (Å²) < 4.78 is 5.77. The molecule has 2 rings (SSSR count). The van der Waals surface area contributed by atoms with Gasteiger partial charge < -0.3 is 4.74 Å². The highest BCUT2D eigenvalue weighted by atomic mass is 16.5. The van der Waals surface area contributed by atoms with Gasteiger partial charge in [-0.15, -0.1) is 0 Å². The maximum atomic E-state index is 12.3. The molecule has 0 spiro atoms. The standard InChI is InChI=1S/C27H38O2/c1-3-5-6-7-9-14-23-19-21-24(22-20-23)15-12-18-26(13-4-2)29-27(28)25-16-10-8-11-17-25/h8,10-11,16-17,19-22,26H,3-7,9,12-15,18H2,1-2H3. The van der Waals surface area contributed by atoms with Crippen molar-refractivity contribution in [3.8, 4) is 0 Å². The number of rotatable bonds is 14. The highest BCUT2D eigenvalue weighted by Crippen LogP contribution is 2.16. The molecule has 0 aliphatic carbocycles. The van der Waals surface area contributed by atoms with Crippen molar-refractivity contribution in [3.63, 3.8) is 0 Å². The van der Waals surface area contributed by atoms with Crippen molar-refractivity contribution in [2.75, 3.05) is 0 Å². The minimum atomic E-state index is -0.202. The van der Waals surface area contributed by atoms with E-state index in [4.69, 9.17) is 4.74 Å². The van der Waals surface area contributed by atoms with E-state index in [9.17, 15) is 4.79 Å². The summed E-state index contributed by atoms with van der Waals surface area (Å²) >= 11 is 0. The van der Waals surface area contributed by atoms with Gasteiger partial charge in [-0.05, 0) is 61.8 Å². The maximum absolute atomic E-state index is 12.3. The number of hydrogen-bond acceptors (Lipinski definition) is 2. The van der Waals surface area contributed by atoms with Gasteiger partial charge >= 0.3 is 5.97 Å². The van der Waals surface area contributed by atoms with E-state index in [1.807, 2.05) is 30.3 Å². The van der Waals surface area contributed by atoms with Gasteiger partial charge in [-0.1, -0.05) is 88.4 Å². The first-order valence-electron chi connectivity index (χ1n) is 11.6. The third-order valence-corrected chi connectivity index (χ3v) is 5.48. The first kappa shape index (κ1) is 23.2. The van der Waals surface area contributed by atoms with Crippen LogP contribution in [0.2, 0.25) is 0 Å². The summed E-state index contributed by atoms with van der Waals surface area (Å²) in [6, 6.07) is 18.4. The molecule has 0 fully saturated rings. The van der Waals surface area contributed by atoms with Crippen molar-refractivity contribution in [3.05, 3.63) is 71.3 Å². The SMILES string of the molecule is CCCCCCCc1ccc(CCCC(CCC)OC(=O)c2ccccc2)cc1. The van der Waals surface area contributed by atoms with Gasteiger partial charge in [-0.25, -0.2) is 4.79 Å². The Balaban J connectivity index is 1.72. The van der Waals surface area contributed by atoms with E-state index in [0.717, 1.165) is 32.1 Å². The second-order valence-corrected chi connectivity index (χ2v) is 8.05. The van der Waals surface area contributed by atoms with E-state index >= 15 is 0 Å². The van der Waals surface area contributed by atoms with Gasteiger partial charge in [0.1, 0.15) is 6.10 Å². The minimum absolute atomic E-state index is 0.00935. The Morgan fingerprint density at radius 3 is 1.97 bits per heavy atom. The molecule has 2 nitrogen and oxygen atoms in total. The number of aryl methyl sites for hydroxylation is 2. The molecule has 1 atom stereocenters. The highest BCUT2D eigenvalue weighted by Gasteiger charge is 2.15. The summed E-state index contributed by atoms with van der Waals surface area (Å²) in [5.41, 5.74) is 3.47. The zero-order valence-corrected chi connectivity index (χ0v) is 18.4. The quantitative estimate of drug-likeness (QED) is 0.244. The average Bonchev–Trinajstić information content (AvgIpc) is 2.75. The summed E-state index contributed by atoms with van der Waals surface area (Å²) in [6.07, 6.45) is 12.8. The van der Waals surface area contributed by atoms with Gasteiger partial charge in [0, 0.05) is 0 Å². The Morgan fingerprint density at radius 1 is 0.724 bits per heavy atom. The van der Waals surface area contributed by atoms with Crippen LogP contribution in [0.3, 0.4) is 0 Å². The lowest BCUT2D eigenvalue weighted by Crippen LogP contribution is -2.18. The molecule has 0 saturated heterocycles. The van der Waals surface area contributed by atoms with E-state index < -0.39 is 0 Å². The van der Waals surface area contributed by atoms with Crippen LogP contribution in [0.5, 0.6) is 0 Å². The number of benzene rings is 2. The molecule has 0 radical (unpaired) electrons. The van der Waals surface area contributed by atoms with Crippen LogP contribution >= 0.6 is 0 Å². The average molecular weight is 395 g/mol. The monoisotopic (exact) mass is 394 g/mol. The topological polar surface area (TPSA) is 26.3 Å². The maximum Gasteiger partial charge on any atom is 0.338 e. The summed E-state index contributed by atoms with van der Waals surface area (Å²) in [5.74, 6) is -0.202. The van der Waals surface area contributed by atoms with E-state index in [1.165, 1.54) is 49.7 Å². The van der Waals surface area contributed by atoms with E-state index in [1.54, 1.807) is 0 Å². The molecule has 0 heterocycles. The van der Waals surface area contributed by atoms with Crippen LogP contribution in [0.1, 0.15) is 93.1 Å². The van der Waals surface area contributed by atoms with Crippen LogP contribution in [0, 0.1) is 0 Å². The van der Waals surface area contributed by atoms with Crippen LogP contribution in [0.15, 0.2) is 54.6 Å². The number of carbonyl (C=O) groups is 1. The fraction of sp³-hybridized carbons (Fsp3) is 0.519. The van der Waals surface area contributed by atoms with Gasteiger partial charge in [0.25, 0.3) is 0 Å². The van der Waals surface area contributed by atoms with Crippen molar-refractivity contribution in [2.24, 2.45) is 0 Å². The first-order chi connectivity index (χ1) is 14.2. The molecule has 0 bridgehead atoms. The molecular weight excluding hydrogens is 356 g/mol. The van der Waals surface area contributed by atoms with Gasteiger partial charge in [0.2, 0.25) is 0 Å². The minimum Gasteiger partial charge on any atom is -0.459 e. The van der Waals surface area contributed by atoms with Crippen molar-refractivity contribution in [2.45, 2.75) is 90.6 Å². The van der Waals surface area contributed by atoms with E-state index in [-0.39, 0.29) is 12.1 Å². The Hall–Kier alpha value is -2.09. The number of hydrogen-bond donors (Lipinski definition) is 0. The summed E-state index contributed by atoms with van der Waals surface area (Å²) in [5, 5.41) is 0. The second-order valence-electron chi connectivity index (χ2n) is 8.05. The smallest absolute Gasteiger partial charge is 0.338 e. The van der Waals surface area contributed by atoms with Crippen LogP contribution in [-0.4, -0.2) is 12.1 Å². The summed E-state index contributed by atoms with van der Waals surface area (Å²) in [7, 11) is 0. The van der Waals surface area contributed by atoms with E-state index in [2.05, 4.69) is 38.1 Å². The number of esters is 1. The van der Waals surface area contributed by atoms with Crippen molar-refractivity contribution in [1.82, 2.24) is 0 Å². The van der Waals surface area contributed by atoms with Crippen molar-refractivity contribution < 1.29 is 9.53 Å². The number of unbranched alkanes of at least 4 members (excludes halogenated alkanes) is 4. The molecule has 0 amide bonds. The molecule has 1 unspecified atom stereocenters. The molecule has 0 N–H and O–H groups in total. The third kappa shape index (κ3) is 9.30. The van der Waals surface area contributed by atoms with Gasteiger partial charge in [0.05, 0.1) is 5.56 Å². The van der Waals surface area contributed by atoms with Crippen molar-refractivity contribution >= 4 is 5.97 Å². The van der Waals surface area contributed by atoms with Crippen molar-refractivity contribution in [1.29, 1.82) is 0 Å². The summed E-state index contributed by atoms with van der Waals surface area (Å²) in [6.45, 7) is 4.40. The Bertz CT molecular complexity index is 675. The molecule has 0 saturated carbocycles. The predicted octanol–water partition coefficient (Wildman–Crippen LogP) is 7.55. The van der Waals surface area contributed by atoms with Crippen LogP contribution in [-0.2, 0) is 17.6 Å². The Labute approximate surface area is 177 Å². The Morgan fingerprint density at radius 2 is 1.34 bits per heavy atom. The van der Waals surface area contributed by atoms with Gasteiger partial charge in [-0.3, -0.25) is 0 Å². The third-order valence-electron chi connectivity index (χ3n) is 5.48. The molecule has 0 aliphatic heterocycles. The predicted molar refractivity (Wildman–Crippen MR) is 122 cm³/mol. The second kappa shape index (κ2) is 14.0. The molecule has 158 valence electrons. The Kier molecular flexibility index (Phi) is 11.2. The van der Waals surface area contributed by atoms with Crippen LogP contribution in [0.25, 0.3) is 0 Å². The molecule has 0 aromatic heterocycles. The largest absolute Gasteiger partial charge is 0.459 e. The molecule has 2 aromatic rings. The highest BCUT2D eigenvalue weighted by molar-refractivity contribution is 5.89. The van der Waals surface area contributed by atoms with Crippen LogP contribution in [0.4, 0.5) is 0 Å². The zero-order chi connectivity index (χ0) is 20.7. The summed E-state index contributed by atoms with van der Waals surface area (Å²) in [4.78, 5) is 12.3. The molecule has 2 aromatic carbocycles. The number of ether oxygens (including phenoxy) is 1. The van der Waals surface area contributed by atoms with Gasteiger partial charge in [0.15, 0.2) is 0 Å². The number of carbonyl (C=O) groups excluding carboxylic acids is 1. The normalized spacial score (nSPS) is 11.9. The lowest BCUT2D eigenvalue weighted by atomic mass is 10.0. The first-order valence-corrected chi connectivity index (χ1v) is 11.6. The fourth-order valence-electron chi connectivity index (χ4n) is 3.72. The van der Waals surface area contributed by atoms with Crippen LogP contribution < -0.4 is 0 Å². The molecular formula is C27H38O2. The molecule has 2 heteroatoms. The lowest BCUT2D eigenvalue weighted by Gasteiger charge is -2.17. The van der Waals surface area contributed by atoms with Gasteiger partial charge in [-0.2, -0.15) is 0 Å².